The van der Waals surface area contributed by atoms with E-state index in [1.807, 2.05) is 6.92 Å². The number of rotatable bonds is 2. The van der Waals surface area contributed by atoms with Gasteiger partial charge in [0, 0.05) is 30.6 Å². The van der Waals surface area contributed by atoms with Crippen LogP contribution in [0.5, 0.6) is 0 Å². The van der Waals surface area contributed by atoms with Crippen LogP contribution in [0, 0.1) is 6.92 Å². The monoisotopic (exact) mass is 354 g/mol. The fraction of sp³-hybridized carbons (Fsp3) is 0.176. The van der Waals surface area contributed by atoms with Crippen LogP contribution in [-0.2, 0) is 0 Å². The summed E-state index contributed by atoms with van der Waals surface area (Å²) in [7, 11) is 3.07. The molecule has 0 bridgehead atoms. The molecule has 126 valence electrons. The minimum absolute atomic E-state index is 0.0796. The Bertz CT molecular complexity index is 1100. The zero-order chi connectivity index (χ0) is 17.9. The summed E-state index contributed by atoms with van der Waals surface area (Å²) in [4.78, 5) is 44.6. The first kappa shape index (κ1) is 15.5. The number of imide groups is 1. The van der Waals surface area contributed by atoms with Gasteiger partial charge >= 0.3 is 0 Å². The Morgan fingerprint density at radius 1 is 1.16 bits per heavy atom. The summed E-state index contributed by atoms with van der Waals surface area (Å²) in [6, 6.07) is 7.07. The van der Waals surface area contributed by atoms with Gasteiger partial charge < -0.3 is 0 Å². The van der Waals surface area contributed by atoms with E-state index in [1.165, 1.54) is 28.1 Å². The number of nitrogens with zero attached hydrogens (tertiary/aromatic N) is 4. The van der Waals surface area contributed by atoms with Gasteiger partial charge in [0.05, 0.1) is 5.56 Å². The van der Waals surface area contributed by atoms with Crippen LogP contribution in [0.1, 0.15) is 25.7 Å². The molecule has 7 nitrogen and oxygen atoms in total. The Morgan fingerprint density at radius 3 is 2.60 bits per heavy atom. The maximum absolute atomic E-state index is 13.1. The Morgan fingerprint density at radius 2 is 1.92 bits per heavy atom. The minimum atomic E-state index is -0.495. The smallest absolute Gasteiger partial charge is 0.276 e. The fourth-order valence-corrected chi connectivity index (χ4v) is 4.00. The van der Waals surface area contributed by atoms with Gasteiger partial charge in [0.25, 0.3) is 17.4 Å². The lowest BCUT2D eigenvalue weighted by Crippen LogP contribution is -2.40. The van der Waals surface area contributed by atoms with Crippen LogP contribution in [0.3, 0.4) is 0 Å². The van der Waals surface area contributed by atoms with E-state index in [1.54, 1.807) is 37.5 Å². The maximum Gasteiger partial charge on any atom is 0.288 e. The quantitative estimate of drug-likeness (QED) is 0.657. The van der Waals surface area contributed by atoms with Crippen LogP contribution >= 0.6 is 11.3 Å². The highest BCUT2D eigenvalue weighted by molar-refractivity contribution is 7.19. The number of aromatic nitrogens is 2. The number of aryl methyl sites for hydroxylation is 1. The highest BCUT2D eigenvalue weighted by Crippen LogP contribution is 2.32. The number of amides is 2. The maximum atomic E-state index is 13.1. The molecule has 0 aromatic carbocycles. The van der Waals surface area contributed by atoms with Gasteiger partial charge in [-0.2, -0.15) is 0 Å². The molecule has 3 aromatic rings. The predicted octanol–water partition coefficient (Wildman–Crippen LogP) is 1.89. The summed E-state index contributed by atoms with van der Waals surface area (Å²) in [6.07, 6.45) is 1.60. The van der Waals surface area contributed by atoms with E-state index >= 15 is 0 Å². The minimum Gasteiger partial charge on any atom is -0.276 e. The van der Waals surface area contributed by atoms with Gasteiger partial charge in [-0.15, -0.1) is 11.3 Å². The molecule has 0 saturated heterocycles. The summed E-state index contributed by atoms with van der Waals surface area (Å²) in [5.74, 6) is -0.397. The van der Waals surface area contributed by atoms with E-state index in [9.17, 15) is 14.4 Å². The highest BCUT2D eigenvalue weighted by atomic mass is 32.1. The summed E-state index contributed by atoms with van der Waals surface area (Å²) in [5, 5.41) is 2.04. The SMILES string of the molecule is Cc1cc2c3c(n(N(C)c4ccccn4)c(=O)c2s1)C(=O)N(C)C3=O. The number of carbonyl (C=O) groups is 2. The molecule has 4 heterocycles. The van der Waals surface area contributed by atoms with Gasteiger partial charge in [-0.25, -0.2) is 9.66 Å². The number of carbonyl (C=O) groups excluding carboxylic acids is 2. The molecule has 0 unspecified atom stereocenters. The van der Waals surface area contributed by atoms with Gasteiger partial charge in [0.2, 0.25) is 0 Å². The van der Waals surface area contributed by atoms with E-state index in [0.717, 1.165) is 9.78 Å². The van der Waals surface area contributed by atoms with Crippen molar-refractivity contribution in [2.24, 2.45) is 0 Å². The fourth-order valence-electron chi connectivity index (χ4n) is 3.06. The Hall–Kier alpha value is -3.00. The van der Waals surface area contributed by atoms with Gasteiger partial charge in [-0.1, -0.05) is 6.07 Å². The van der Waals surface area contributed by atoms with Crippen molar-refractivity contribution in [3.8, 4) is 0 Å². The Balaban J connectivity index is 2.13. The lowest BCUT2D eigenvalue weighted by molar-refractivity contribution is 0.0690. The molecule has 2 amide bonds. The molecular formula is C17H14N4O3S. The van der Waals surface area contributed by atoms with E-state index in [-0.39, 0.29) is 16.8 Å². The van der Waals surface area contributed by atoms with Crippen LogP contribution in [0.2, 0.25) is 0 Å². The van der Waals surface area contributed by atoms with Crippen LogP contribution in [-0.4, -0.2) is 40.5 Å². The molecule has 3 aromatic heterocycles. The first-order chi connectivity index (χ1) is 11.9. The molecule has 1 aliphatic rings. The van der Waals surface area contributed by atoms with Gasteiger partial charge in [-0.05, 0) is 25.1 Å². The van der Waals surface area contributed by atoms with E-state index < -0.39 is 11.8 Å². The summed E-state index contributed by atoms with van der Waals surface area (Å²) >= 11 is 1.31. The average Bonchev–Trinajstić information content (AvgIpc) is 3.10. The zero-order valence-electron chi connectivity index (χ0n) is 13.8. The molecule has 8 heteroatoms. The topological polar surface area (TPSA) is 75.5 Å². The van der Waals surface area contributed by atoms with Crippen molar-refractivity contribution in [2.45, 2.75) is 6.92 Å². The number of hydrogen-bond acceptors (Lipinski definition) is 6. The Kier molecular flexibility index (Phi) is 3.26. The molecule has 0 atom stereocenters. The van der Waals surface area contributed by atoms with Crippen molar-refractivity contribution in [3.63, 3.8) is 0 Å². The lowest BCUT2D eigenvalue weighted by atomic mass is 10.1. The number of fused-ring (bicyclic) bond motifs is 3. The lowest BCUT2D eigenvalue weighted by Gasteiger charge is -2.22. The normalized spacial score (nSPS) is 13.6. The summed E-state index contributed by atoms with van der Waals surface area (Å²) in [5.41, 5.74) is 0.0154. The van der Waals surface area contributed by atoms with Gasteiger partial charge in [0.1, 0.15) is 16.2 Å². The number of thiophene rings is 1. The third kappa shape index (κ3) is 2.04. The molecule has 0 radical (unpaired) electrons. The second-order valence-corrected chi connectivity index (χ2v) is 7.08. The molecule has 25 heavy (non-hydrogen) atoms. The summed E-state index contributed by atoms with van der Waals surface area (Å²) < 4.78 is 1.70. The van der Waals surface area contributed by atoms with Gasteiger partial charge in [-0.3, -0.25) is 24.3 Å². The number of anilines is 1. The molecule has 0 N–H and O–H groups in total. The molecule has 4 rings (SSSR count). The van der Waals surface area contributed by atoms with Crippen LogP contribution < -0.4 is 10.6 Å². The van der Waals surface area contributed by atoms with Crippen molar-refractivity contribution in [2.75, 3.05) is 19.1 Å². The average molecular weight is 354 g/mol. The molecular weight excluding hydrogens is 340 g/mol. The van der Waals surface area contributed by atoms with Crippen molar-refractivity contribution in [1.29, 1.82) is 0 Å². The van der Waals surface area contributed by atoms with Crippen molar-refractivity contribution in [3.05, 3.63) is 57.0 Å². The van der Waals surface area contributed by atoms with Crippen molar-refractivity contribution >= 4 is 39.1 Å². The van der Waals surface area contributed by atoms with Crippen molar-refractivity contribution in [1.82, 2.24) is 14.6 Å². The third-order valence-corrected chi connectivity index (χ3v) is 5.30. The largest absolute Gasteiger partial charge is 0.288 e. The first-order valence-electron chi connectivity index (χ1n) is 7.58. The van der Waals surface area contributed by atoms with Crippen LogP contribution in [0.4, 0.5) is 5.82 Å². The van der Waals surface area contributed by atoms with Crippen LogP contribution in [0.15, 0.2) is 35.3 Å². The standard InChI is InChI=1S/C17H14N4O3S/c1-9-8-10-12-13(16(23)19(2)15(12)22)21(17(24)14(10)25-9)20(3)11-6-4-5-7-18-11/h4-8H,1-3H3. The molecule has 0 saturated carbocycles. The third-order valence-electron chi connectivity index (χ3n) is 4.27. The molecule has 0 aliphatic carbocycles. The highest BCUT2D eigenvalue weighted by Gasteiger charge is 2.40. The molecule has 0 spiro atoms. The van der Waals surface area contributed by atoms with E-state index in [4.69, 9.17) is 0 Å². The Labute approximate surface area is 146 Å². The molecule has 1 aliphatic heterocycles. The van der Waals surface area contributed by atoms with Gasteiger partial charge in [0.15, 0.2) is 0 Å². The predicted molar refractivity (Wildman–Crippen MR) is 95.3 cm³/mol. The first-order valence-corrected chi connectivity index (χ1v) is 8.40. The van der Waals surface area contributed by atoms with E-state index in [0.29, 0.717) is 15.9 Å². The zero-order valence-corrected chi connectivity index (χ0v) is 14.6. The summed E-state index contributed by atoms with van der Waals surface area (Å²) in [6.45, 7) is 1.87. The number of pyridine rings is 2. The van der Waals surface area contributed by atoms with Crippen LogP contribution in [0.25, 0.3) is 10.1 Å². The second-order valence-electron chi connectivity index (χ2n) is 5.82. The number of hydrogen-bond donors (Lipinski definition) is 0. The second kappa shape index (κ2) is 5.25. The molecule has 0 fully saturated rings. The van der Waals surface area contributed by atoms with Crippen molar-refractivity contribution < 1.29 is 9.59 Å². The van der Waals surface area contributed by atoms with E-state index in [2.05, 4.69) is 4.98 Å².